The smallest absolute Gasteiger partial charge is 0.225 e. The first-order chi connectivity index (χ1) is 10.7. The van der Waals surface area contributed by atoms with Gasteiger partial charge in [-0.2, -0.15) is 0 Å². The normalized spacial score (nSPS) is 18.9. The summed E-state index contributed by atoms with van der Waals surface area (Å²) < 4.78 is 0. The van der Waals surface area contributed by atoms with Crippen LogP contribution >= 0.6 is 0 Å². The van der Waals surface area contributed by atoms with E-state index in [2.05, 4.69) is 12.2 Å². The molecule has 0 spiro atoms. The Morgan fingerprint density at radius 1 is 1.14 bits per heavy atom. The molecule has 1 amide bonds. The molecule has 130 valence electrons. The van der Waals surface area contributed by atoms with Gasteiger partial charge in [0.15, 0.2) is 0 Å². The highest BCUT2D eigenvalue weighted by atomic mass is 16.3. The maximum Gasteiger partial charge on any atom is 0.225 e. The van der Waals surface area contributed by atoms with Gasteiger partial charge in [-0.05, 0) is 25.7 Å². The Morgan fingerprint density at radius 2 is 1.82 bits per heavy atom. The van der Waals surface area contributed by atoms with Crippen LogP contribution in [0.1, 0.15) is 84.0 Å². The van der Waals surface area contributed by atoms with E-state index < -0.39 is 12.0 Å². The number of rotatable bonds is 11. The van der Waals surface area contributed by atoms with Crippen LogP contribution in [0, 0.1) is 5.92 Å². The van der Waals surface area contributed by atoms with Gasteiger partial charge in [0.1, 0.15) is 0 Å². The maximum absolute atomic E-state index is 12.2. The summed E-state index contributed by atoms with van der Waals surface area (Å²) in [5, 5.41) is 22.6. The molecule has 2 atom stereocenters. The fraction of sp³-hybridized carbons (Fsp3) is 0.944. The van der Waals surface area contributed by atoms with Crippen LogP contribution in [0.2, 0.25) is 0 Å². The first-order valence-corrected chi connectivity index (χ1v) is 9.26. The Balaban J connectivity index is 2.22. The molecule has 0 radical (unpaired) electrons. The quantitative estimate of drug-likeness (QED) is 0.513. The minimum absolute atomic E-state index is 0.0839. The van der Waals surface area contributed by atoms with Gasteiger partial charge in [0.2, 0.25) is 5.91 Å². The summed E-state index contributed by atoms with van der Waals surface area (Å²) in [6, 6.07) is 0.265. The number of aliphatic hydroxyl groups is 2. The van der Waals surface area contributed by atoms with Crippen LogP contribution < -0.4 is 5.32 Å². The van der Waals surface area contributed by atoms with Crippen LogP contribution in [0.4, 0.5) is 0 Å². The molecule has 0 aromatic carbocycles. The van der Waals surface area contributed by atoms with E-state index in [0.717, 1.165) is 32.1 Å². The van der Waals surface area contributed by atoms with E-state index >= 15 is 0 Å². The van der Waals surface area contributed by atoms with E-state index in [0.29, 0.717) is 6.42 Å². The lowest BCUT2D eigenvalue weighted by Gasteiger charge is -2.25. The molecule has 0 aromatic rings. The summed E-state index contributed by atoms with van der Waals surface area (Å²) in [5.41, 5.74) is 0. The average molecular weight is 313 g/mol. The molecule has 4 heteroatoms. The van der Waals surface area contributed by atoms with Crippen LogP contribution in [0.15, 0.2) is 0 Å². The molecule has 0 bridgehead atoms. The van der Waals surface area contributed by atoms with Gasteiger partial charge in [-0.15, -0.1) is 0 Å². The van der Waals surface area contributed by atoms with E-state index in [1.54, 1.807) is 0 Å². The highest BCUT2D eigenvalue weighted by molar-refractivity contribution is 5.79. The van der Waals surface area contributed by atoms with E-state index in [-0.39, 0.29) is 18.6 Å². The predicted molar refractivity (Wildman–Crippen MR) is 89.6 cm³/mol. The zero-order chi connectivity index (χ0) is 16.2. The van der Waals surface area contributed by atoms with Crippen LogP contribution in [-0.4, -0.2) is 34.9 Å². The Kier molecular flexibility index (Phi) is 10.5. The third-order valence-electron chi connectivity index (χ3n) is 4.74. The summed E-state index contributed by atoms with van der Waals surface area (Å²) in [7, 11) is 0. The SMILES string of the molecule is CCCCCCCC(O)CC(CO)C(=O)NC1CCCCC1. The van der Waals surface area contributed by atoms with Gasteiger partial charge in [0.05, 0.1) is 18.6 Å². The first-order valence-electron chi connectivity index (χ1n) is 9.26. The Morgan fingerprint density at radius 3 is 2.45 bits per heavy atom. The Labute approximate surface area is 135 Å². The maximum atomic E-state index is 12.2. The molecule has 1 rings (SSSR count). The molecule has 1 aliphatic rings. The highest BCUT2D eigenvalue weighted by Gasteiger charge is 2.24. The minimum atomic E-state index is -0.476. The highest BCUT2D eigenvalue weighted by Crippen LogP contribution is 2.19. The van der Waals surface area contributed by atoms with E-state index in [1.807, 2.05) is 0 Å². The lowest BCUT2D eigenvalue weighted by atomic mass is 9.93. The Bertz CT molecular complexity index is 290. The van der Waals surface area contributed by atoms with Crippen molar-refractivity contribution in [2.75, 3.05) is 6.61 Å². The number of unbranched alkanes of at least 4 members (excludes halogenated alkanes) is 4. The summed E-state index contributed by atoms with van der Waals surface area (Å²) in [6.45, 7) is 2.01. The number of hydrogen-bond acceptors (Lipinski definition) is 3. The van der Waals surface area contributed by atoms with E-state index in [1.165, 1.54) is 38.5 Å². The fourth-order valence-electron chi connectivity index (χ4n) is 3.26. The summed E-state index contributed by atoms with van der Waals surface area (Å²) in [5.74, 6) is -0.549. The Hall–Kier alpha value is -0.610. The molecular formula is C18H35NO3. The van der Waals surface area contributed by atoms with Crippen LogP contribution in [0.25, 0.3) is 0 Å². The summed E-state index contributed by atoms with van der Waals surface area (Å²) in [4.78, 5) is 12.2. The fourth-order valence-corrected chi connectivity index (χ4v) is 3.26. The van der Waals surface area contributed by atoms with Crippen LogP contribution in [0.3, 0.4) is 0 Å². The number of aliphatic hydroxyl groups excluding tert-OH is 2. The van der Waals surface area contributed by atoms with Gasteiger partial charge < -0.3 is 15.5 Å². The number of hydrogen-bond donors (Lipinski definition) is 3. The number of carbonyl (C=O) groups excluding carboxylic acids is 1. The molecule has 0 aliphatic heterocycles. The van der Waals surface area contributed by atoms with Crippen molar-refractivity contribution in [3.05, 3.63) is 0 Å². The van der Waals surface area contributed by atoms with Gasteiger partial charge in [0.25, 0.3) is 0 Å². The third-order valence-corrected chi connectivity index (χ3v) is 4.74. The molecular weight excluding hydrogens is 278 g/mol. The number of amides is 1. The molecule has 3 N–H and O–H groups in total. The van der Waals surface area contributed by atoms with Crippen molar-refractivity contribution in [1.82, 2.24) is 5.32 Å². The molecule has 2 unspecified atom stereocenters. The predicted octanol–water partition coefficient (Wildman–Crippen LogP) is 3.16. The molecule has 1 saturated carbocycles. The first kappa shape index (κ1) is 19.4. The second-order valence-corrected chi connectivity index (χ2v) is 6.82. The molecule has 0 saturated heterocycles. The molecule has 1 aliphatic carbocycles. The van der Waals surface area contributed by atoms with Crippen molar-refractivity contribution in [2.45, 2.75) is 96.1 Å². The van der Waals surface area contributed by atoms with Crippen molar-refractivity contribution >= 4 is 5.91 Å². The van der Waals surface area contributed by atoms with Crippen molar-refractivity contribution < 1.29 is 15.0 Å². The average Bonchev–Trinajstić information content (AvgIpc) is 2.53. The van der Waals surface area contributed by atoms with E-state index in [9.17, 15) is 15.0 Å². The van der Waals surface area contributed by atoms with E-state index in [4.69, 9.17) is 0 Å². The molecule has 4 nitrogen and oxygen atoms in total. The second-order valence-electron chi connectivity index (χ2n) is 6.82. The summed E-state index contributed by atoms with van der Waals surface area (Å²) in [6.07, 6.45) is 12.2. The minimum Gasteiger partial charge on any atom is -0.396 e. The topological polar surface area (TPSA) is 69.6 Å². The second kappa shape index (κ2) is 11.9. The zero-order valence-corrected chi connectivity index (χ0v) is 14.2. The standard InChI is InChI=1S/C18H35NO3/c1-2-3-4-5-9-12-17(21)13-15(14-20)18(22)19-16-10-7-6-8-11-16/h15-17,20-21H,2-14H2,1H3,(H,19,22). The third kappa shape index (κ3) is 8.14. The number of nitrogens with one attached hydrogen (secondary N) is 1. The van der Waals surface area contributed by atoms with Crippen molar-refractivity contribution in [3.63, 3.8) is 0 Å². The van der Waals surface area contributed by atoms with Gasteiger partial charge in [-0.25, -0.2) is 0 Å². The monoisotopic (exact) mass is 313 g/mol. The van der Waals surface area contributed by atoms with Crippen molar-refractivity contribution in [3.8, 4) is 0 Å². The molecule has 0 heterocycles. The number of carbonyl (C=O) groups is 1. The zero-order valence-electron chi connectivity index (χ0n) is 14.2. The van der Waals surface area contributed by atoms with Gasteiger partial charge in [-0.1, -0.05) is 58.3 Å². The van der Waals surface area contributed by atoms with Gasteiger partial charge in [0, 0.05) is 6.04 Å². The van der Waals surface area contributed by atoms with Crippen molar-refractivity contribution in [1.29, 1.82) is 0 Å². The van der Waals surface area contributed by atoms with Crippen LogP contribution in [-0.2, 0) is 4.79 Å². The largest absolute Gasteiger partial charge is 0.396 e. The van der Waals surface area contributed by atoms with Gasteiger partial charge >= 0.3 is 0 Å². The van der Waals surface area contributed by atoms with Crippen LogP contribution in [0.5, 0.6) is 0 Å². The molecule has 1 fully saturated rings. The summed E-state index contributed by atoms with van der Waals surface area (Å²) >= 11 is 0. The van der Waals surface area contributed by atoms with Crippen molar-refractivity contribution in [2.24, 2.45) is 5.92 Å². The molecule has 0 aromatic heterocycles. The lowest BCUT2D eigenvalue weighted by molar-refractivity contribution is -0.128. The molecule has 22 heavy (non-hydrogen) atoms. The van der Waals surface area contributed by atoms with Gasteiger partial charge in [-0.3, -0.25) is 4.79 Å². The lowest BCUT2D eigenvalue weighted by Crippen LogP contribution is -2.42.